The number of rotatable bonds is 7. The Balaban J connectivity index is 1.63. The van der Waals surface area contributed by atoms with E-state index in [9.17, 15) is 13.2 Å². The molecule has 0 saturated carbocycles. The molecule has 0 aliphatic heterocycles. The van der Waals surface area contributed by atoms with E-state index in [2.05, 4.69) is 41.5 Å². The van der Waals surface area contributed by atoms with Crippen molar-refractivity contribution in [2.75, 3.05) is 10.6 Å². The fraction of sp³-hybridized carbons (Fsp3) is 0.167. The van der Waals surface area contributed by atoms with Crippen LogP contribution in [0, 0.1) is 17.5 Å². The Morgan fingerprint density at radius 2 is 1.90 bits per heavy atom. The molecule has 0 fully saturated rings. The van der Waals surface area contributed by atoms with Gasteiger partial charge in [-0.2, -0.15) is 5.21 Å². The quantitative estimate of drug-likeness (QED) is 0.418. The number of tetrazole rings is 1. The highest BCUT2D eigenvalue weighted by Gasteiger charge is 2.20. The van der Waals surface area contributed by atoms with Crippen LogP contribution in [0.15, 0.2) is 34.7 Å². The number of aromatic amines is 1. The molecule has 0 amide bonds. The molecule has 9 nitrogen and oxygen atoms in total. The van der Waals surface area contributed by atoms with Crippen LogP contribution < -0.4 is 10.6 Å². The van der Waals surface area contributed by atoms with Gasteiger partial charge < -0.3 is 15.1 Å². The van der Waals surface area contributed by atoms with Crippen LogP contribution in [0.25, 0.3) is 11.5 Å². The Bertz CT molecular complexity index is 1160. The SMILES string of the molecule is CCc1ccc(Nc2c(-c3nnc(NCc4nn[nH]n4)o3)ccc(F)c2F)c(F)c1. The van der Waals surface area contributed by atoms with Gasteiger partial charge in [0.2, 0.25) is 0 Å². The number of benzene rings is 2. The second kappa shape index (κ2) is 8.19. The molecule has 2 aromatic heterocycles. The third kappa shape index (κ3) is 3.92. The molecule has 2 heterocycles. The molecule has 4 rings (SSSR count). The van der Waals surface area contributed by atoms with Crippen molar-refractivity contribution >= 4 is 17.4 Å². The van der Waals surface area contributed by atoms with Crippen LogP contribution in [0.2, 0.25) is 0 Å². The van der Waals surface area contributed by atoms with Crippen molar-refractivity contribution in [3.8, 4) is 11.5 Å². The minimum Gasteiger partial charge on any atom is -0.403 e. The zero-order valence-electron chi connectivity index (χ0n) is 15.6. The predicted octanol–water partition coefficient (Wildman–Crippen LogP) is 3.59. The summed E-state index contributed by atoms with van der Waals surface area (Å²) in [6.45, 7) is 2.03. The number of aromatic nitrogens is 6. The van der Waals surface area contributed by atoms with Gasteiger partial charge in [-0.1, -0.05) is 23.3 Å². The summed E-state index contributed by atoms with van der Waals surface area (Å²) in [7, 11) is 0. The van der Waals surface area contributed by atoms with Gasteiger partial charge in [-0.3, -0.25) is 0 Å². The number of anilines is 3. The molecular formula is C18H15F3N8O. The monoisotopic (exact) mass is 416 g/mol. The molecule has 154 valence electrons. The summed E-state index contributed by atoms with van der Waals surface area (Å²) < 4.78 is 48.3. The molecule has 0 atom stereocenters. The van der Waals surface area contributed by atoms with Gasteiger partial charge in [0, 0.05) is 0 Å². The van der Waals surface area contributed by atoms with Gasteiger partial charge in [-0.25, -0.2) is 13.2 Å². The van der Waals surface area contributed by atoms with E-state index in [1.807, 2.05) is 6.92 Å². The van der Waals surface area contributed by atoms with E-state index in [4.69, 9.17) is 4.42 Å². The molecule has 0 unspecified atom stereocenters. The highest BCUT2D eigenvalue weighted by molar-refractivity contribution is 5.78. The van der Waals surface area contributed by atoms with E-state index in [0.29, 0.717) is 12.2 Å². The van der Waals surface area contributed by atoms with Crippen molar-refractivity contribution in [1.82, 2.24) is 30.8 Å². The summed E-state index contributed by atoms with van der Waals surface area (Å²) >= 11 is 0. The zero-order chi connectivity index (χ0) is 21.1. The van der Waals surface area contributed by atoms with Gasteiger partial charge in [0.15, 0.2) is 17.5 Å². The highest BCUT2D eigenvalue weighted by Crippen LogP contribution is 2.34. The largest absolute Gasteiger partial charge is 0.403 e. The summed E-state index contributed by atoms with van der Waals surface area (Å²) in [5.74, 6) is -2.65. The standard InChI is InChI=1S/C18H15F3N8O/c1-2-9-3-6-13(12(20)7-9)23-16-10(4-5-11(19)15(16)21)17-26-27-18(30-17)22-8-14-24-28-29-25-14/h3-7,23H,2,8H2,1H3,(H,22,27)(H,24,25,28,29). The average Bonchev–Trinajstić information content (AvgIpc) is 3.43. The normalized spacial score (nSPS) is 10.9. The summed E-state index contributed by atoms with van der Waals surface area (Å²) in [6.07, 6.45) is 0.637. The van der Waals surface area contributed by atoms with Gasteiger partial charge in [0.1, 0.15) is 5.82 Å². The Morgan fingerprint density at radius 3 is 2.63 bits per heavy atom. The maximum absolute atomic E-state index is 14.6. The van der Waals surface area contributed by atoms with Crippen molar-refractivity contribution < 1.29 is 17.6 Å². The van der Waals surface area contributed by atoms with Crippen molar-refractivity contribution in [2.24, 2.45) is 0 Å². The summed E-state index contributed by atoms with van der Waals surface area (Å²) in [5.41, 5.74) is 0.486. The first-order chi connectivity index (χ1) is 14.5. The number of aryl methyl sites for hydroxylation is 1. The highest BCUT2D eigenvalue weighted by atomic mass is 19.2. The van der Waals surface area contributed by atoms with E-state index >= 15 is 0 Å². The van der Waals surface area contributed by atoms with Gasteiger partial charge in [0.05, 0.1) is 23.5 Å². The molecule has 4 aromatic rings. The number of nitrogens with zero attached hydrogens (tertiary/aromatic N) is 5. The Morgan fingerprint density at radius 1 is 1.03 bits per heavy atom. The zero-order valence-corrected chi connectivity index (χ0v) is 15.6. The van der Waals surface area contributed by atoms with E-state index in [-0.39, 0.29) is 35.4 Å². The van der Waals surface area contributed by atoms with Crippen molar-refractivity contribution in [3.05, 3.63) is 59.2 Å². The molecule has 0 saturated heterocycles. The molecule has 0 bridgehead atoms. The van der Waals surface area contributed by atoms with E-state index in [1.54, 1.807) is 6.07 Å². The lowest BCUT2D eigenvalue weighted by Gasteiger charge is -2.13. The first-order valence-corrected chi connectivity index (χ1v) is 8.88. The van der Waals surface area contributed by atoms with Crippen LogP contribution in [-0.4, -0.2) is 30.8 Å². The third-order valence-electron chi connectivity index (χ3n) is 4.24. The summed E-state index contributed by atoms with van der Waals surface area (Å²) in [5, 5.41) is 26.3. The number of hydrogen-bond acceptors (Lipinski definition) is 8. The maximum Gasteiger partial charge on any atom is 0.316 e. The fourth-order valence-corrected chi connectivity index (χ4v) is 2.68. The first-order valence-electron chi connectivity index (χ1n) is 8.88. The van der Waals surface area contributed by atoms with E-state index < -0.39 is 17.5 Å². The summed E-state index contributed by atoms with van der Waals surface area (Å²) in [6, 6.07) is 6.65. The van der Waals surface area contributed by atoms with Crippen LogP contribution in [0.4, 0.5) is 30.6 Å². The topological polar surface area (TPSA) is 117 Å². The average molecular weight is 416 g/mol. The van der Waals surface area contributed by atoms with Gasteiger partial charge in [-0.15, -0.1) is 15.3 Å². The Kier molecular flexibility index (Phi) is 5.28. The van der Waals surface area contributed by atoms with E-state index in [0.717, 1.165) is 11.6 Å². The Labute approximate surface area is 167 Å². The smallest absolute Gasteiger partial charge is 0.316 e. The lowest BCUT2D eigenvalue weighted by atomic mass is 10.1. The van der Waals surface area contributed by atoms with Crippen LogP contribution in [0.5, 0.6) is 0 Å². The van der Waals surface area contributed by atoms with Gasteiger partial charge in [-0.05, 0) is 36.2 Å². The van der Waals surface area contributed by atoms with Crippen LogP contribution in [0.3, 0.4) is 0 Å². The minimum atomic E-state index is -1.20. The second-order valence-electron chi connectivity index (χ2n) is 6.17. The molecule has 0 aliphatic rings. The second-order valence-corrected chi connectivity index (χ2v) is 6.17. The lowest BCUT2D eigenvalue weighted by Crippen LogP contribution is -2.02. The molecule has 0 radical (unpaired) electrons. The molecule has 2 aromatic carbocycles. The number of nitrogens with one attached hydrogen (secondary N) is 3. The molecular weight excluding hydrogens is 401 g/mol. The van der Waals surface area contributed by atoms with Crippen LogP contribution >= 0.6 is 0 Å². The van der Waals surface area contributed by atoms with Gasteiger partial charge >= 0.3 is 6.01 Å². The Hall–Kier alpha value is -3.96. The van der Waals surface area contributed by atoms with Crippen LogP contribution in [-0.2, 0) is 13.0 Å². The summed E-state index contributed by atoms with van der Waals surface area (Å²) in [4.78, 5) is 0. The number of H-pyrrole nitrogens is 1. The van der Waals surface area contributed by atoms with E-state index in [1.165, 1.54) is 18.2 Å². The lowest BCUT2D eigenvalue weighted by molar-refractivity contribution is 0.511. The maximum atomic E-state index is 14.6. The number of halogens is 3. The first kappa shape index (κ1) is 19.4. The minimum absolute atomic E-state index is 0.00367. The predicted molar refractivity (Wildman–Crippen MR) is 100 cm³/mol. The van der Waals surface area contributed by atoms with Crippen LogP contribution in [0.1, 0.15) is 18.3 Å². The molecule has 0 aliphatic carbocycles. The van der Waals surface area contributed by atoms with Gasteiger partial charge in [0.25, 0.3) is 5.89 Å². The molecule has 0 spiro atoms. The molecule has 3 N–H and O–H groups in total. The number of hydrogen-bond donors (Lipinski definition) is 3. The van der Waals surface area contributed by atoms with Crippen molar-refractivity contribution in [2.45, 2.75) is 19.9 Å². The molecule has 12 heteroatoms. The molecule has 30 heavy (non-hydrogen) atoms. The van der Waals surface area contributed by atoms with Crippen molar-refractivity contribution in [3.63, 3.8) is 0 Å². The van der Waals surface area contributed by atoms with Crippen molar-refractivity contribution in [1.29, 1.82) is 0 Å². The third-order valence-corrected chi connectivity index (χ3v) is 4.24. The fourth-order valence-electron chi connectivity index (χ4n) is 2.68.